The molecule has 0 radical (unpaired) electrons. The number of amides is 1. The summed E-state index contributed by atoms with van der Waals surface area (Å²) in [6.45, 7) is 0.227. The van der Waals surface area contributed by atoms with E-state index in [0.29, 0.717) is 5.56 Å². The lowest BCUT2D eigenvalue weighted by Crippen LogP contribution is -2.41. The molecule has 1 amide bonds. The number of nitrogens with zero attached hydrogens (tertiary/aromatic N) is 1. The fourth-order valence-electron chi connectivity index (χ4n) is 2.30. The van der Waals surface area contributed by atoms with E-state index in [2.05, 4.69) is 0 Å². The Balaban J connectivity index is 2.09. The minimum Gasteiger partial charge on any atom is -0.480 e. The van der Waals surface area contributed by atoms with Crippen LogP contribution in [0.4, 0.5) is 4.39 Å². The molecule has 2 rings (SSSR count). The zero-order valence-corrected chi connectivity index (χ0v) is 10.3. The molecule has 1 aromatic carbocycles. The first kappa shape index (κ1) is 13.5. The molecule has 0 aliphatic carbocycles. The van der Waals surface area contributed by atoms with Gasteiger partial charge in [0, 0.05) is 12.6 Å². The summed E-state index contributed by atoms with van der Waals surface area (Å²) in [5, 5.41) is 9.05. The fourth-order valence-corrected chi connectivity index (χ4v) is 2.30. The molecular formula is C13H15FN2O3. The molecule has 0 aromatic heterocycles. The summed E-state index contributed by atoms with van der Waals surface area (Å²) in [7, 11) is 0. The molecule has 1 heterocycles. The summed E-state index contributed by atoms with van der Waals surface area (Å²) in [5.41, 5.74) is 6.21. The highest BCUT2D eigenvalue weighted by atomic mass is 19.1. The first-order valence-electron chi connectivity index (χ1n) is 5.99. The predicted molar refractivity (Wildman–Crippen MR) is 65.8 cm³/mol. The van der Waals surface area contributed by atoms with Crippen LogP contribution in [-0.2, 0) is 16.0 Å². The topological polar surface area (TPSA) is 83.6 Å². The molecule has 0 saturated carbocycles. The average molecular weight is 266 g/mol. The van der Waals surface area contributed by atoms with Gasteiger partial charge in [0.15, 0.2) is 0 Å². The van der Waals surface area contributed by atoms with Crippen molar-refractivity contribution >= 4 is 11.9 Å². The van der Waals surface area contributed by atoms with Crippen LogP contribution in [0.15, 0.2) is 24.3 Å². The van der Waals surface area contributed by atoms with E-state index in [9.17, 15) is 14.0 Å². The maximum Gasteiger partial charge on any atom is 0.326 e. The molecule has 1 aromatic rings. The lowest BCUT2D eigenvalue weighted by Gasteiger charge is -2.21. The van der Waals surface area contributed by atoms with E-state index >= 15 is 0 Å². The zero-order valence-electron chi connectivity index (χ0n) is 10.3. The Kier molecular flexibility index (Phi) is 3.80. The Morgan fingerprint density at radius 1 is 1.47 bits per heavy atom. The van der Waals surface area contributed by atoms with E-state index in [1.165, 1.54) is 23.1 Å². The van der Waals surface area contributed by atoms with Gasteiger partial charge in [0.2, 0.25) is 5.91 Å². The monoisotopic (exact) mass is 266 g/mol. The van der Waals surface area contributed by atoms with Gasteiger partial charge < -0.3 is 15.7 Å². The molecule has 1 aliphatic heterocycles. The van der Waals surface area contributed by atoms with Crippen molar-refractivity contribution in [1.29, 1.82) is 0 Å². The minimum absolute atomic E-state index is 0.0196. The molecule has 102 valence electrons. The average Bonchev–Trinajstić information content (AvgIpc) is 2.71. The number of halogens is 1. The molecule has 6 heteroatoms. The highest BCUT2D eigenvalue weighted by molar-refractivity contribution is 5.85. The third kappa shape index (κ3) is 3.08. The first-order valence-corrected chi connectivity index (χ1v) is 5.99. The predicted octanol–water partition coefficient (Wildman–Crippen LogP) is 0.381. The van der Waals surface area contributed by atoms with Gasteiger partial charge in [-0.05, 0) is 24.1 Å². The maximum absolute atomic E-state index is 13.0. The Hall–Kier alpha value is -1.95. The largest absolute Gasteiger partial charge is 0.480 e. The van der Waals surface area contributed by atoms with Crippen LogP contribution in [0.3, 0.4) is 0 Å². The number of hydrogen-bond donors (Lipinski definition) is 2. The van der Waals surface area contributed by atoms with Gasteiger partial charge in [-0.25, -0.2) is 9.18 Å². The number of benzene rings is 1. The van der Waals surface area contributed by atoms with Crippen LogP contribution >= 0.6 is 0 Å². The van der Waals surface area contributed by atoms with E-state index in [0.717, 1.165) is 0 Å². The molecule has 0 spiro atoms. The summed E-state index contributed by atoms with van der Waals surface area (Å²) in [6.07, 6.45) is 0.235. The summed E-state index contributed by atoms with van der Waals surface area (Å²) in [6, 6.07) is 4.51. The molecule has 3 N–H and O–H groups in total. The second kappa shape index (κ2) is 5.36. The van der Waals surface area contributed by atoms with Crippen molar-refractivity contribution < 1.29 is 19.1 Å². The lowest BCUT2D eigenvalue weighted by molar-refractivity contribution is -0.148. The van der Waals surface area contributed by atoms with Gasteiger partial charge in [-0.2, -0.15) is 0 Å². The highest BCUT2D eigenvalue weighted by Crippen LogP contribution is 2.18. The quantitative estimate of drug-likeness (QED) is 0.828. The molecule has 19 heavy (non-hydrogen) atoms. The van der Waals surface area contributed by atoms with E-state index < -0.39 is 17.8 Å². The van der Waals surface area contributed by atoms with Crippen LogP contribution in [0.25, 0.3) is 0 Å². The van der Waals surface area contributed by atoms with Crippen LogP contribution in [0.5, 0.6) is 0 Å². The van der Waals surface area contributed by atoms with Crippen molar-refractivity contribution in [1.82, 2.24) is 4.90 Å². The number of likely N-dealkylation sites (tertiary alicyclic amines) is 1. The van der Waals surface area contributed by atoms with Gasteiger partial charge in [-0.15, -0.1) is 0 Å². The Morgan fingerprint density at radius 2 is 2.21 bits per heavy atom. The van der Waals surface area contributed by atoms with E-state index in [-0.39, 0.29) is 31.3 Å². The Bertz CT molecular complexity index is 506. The standard InChI is InChI=1S/C13H15FN2O3/c14-9-3-1-2-8(4-9)5-12(17)16-7-10(15)6-11(16)13(18)19/h1-4,10-11H,5-7,15H2,(H,18,19). The Labute approximate surface area is 109 Å². The molecule has 1 aliphatic rings. The van der Waals surface area contributed by atoms with Crippen molar-refractivity contribution in [2.45, 2.75) is 24.9 Å². The number of hydrogen-bond acceptors (Lipinski definition) is 3. The second-order valence-corrected chi connectivity index (χ2v) is 4.70. The fraction of sp³-hybridized carbons (Fsp3) is 0.385. The van der Waals surface area contributed by atoms with E-state index in [1.54, 1.807) is 6.07 Å². The Morgan fingerprint density at radius 3 is 2.84 bits per heavy atom. The summed E-state index contributed by atoms with van der Waals surface area (Å²) < 4.78 is 13.0. The molecule has 1 fully saturated rings. The number of carbonyl (C=O) groups is 2. The summed E-state index contributed by atoms with van der Waals surface area (Å²) >= 11 is 0. The maximum atomic E-state index is 13.0. The van der Waals surface area contributed by atoms with Crippen LogP contribution in [0.2, 0.25) is 0 Å². The molecule has 2 atom stereocenters. The van der Waals surface area contributed by atoms with Crippen LogP contribution in [0.1, 0.15) is 12.0 Å². The molecule has 5 nitrogen and oxygen atoms in total. The van der Waals surface area contributed by atoms with Crippen molar-refractivity contribution in [2.75, 3.05) is 6.54 Å². The SMILES string of the molecule is NC1CC(C(=O)O)N(C(=O)Cc2cccc(F)c2)C1. The molecular weight excluding hydrogens is 251 g/mol. The summed E-state index contributed by atoms with van der Waals surface area (Å²) in [5.74, 6) is -1.82. The number of rotatable bonds is 3. The third-order valence-corrected chi connectivity index (χ3v) is 3.18. The molecule has 1 saturated heterocycles. The van der Waals surface area contributed by atoms with Crippen molar-refractivity contribution in [3.63, 3.8) is 0 Å². The van der Waals surface area contributed by atoms with Crippen LogP contribution < -0.4 is 5.73 Å². The van der Waals surface area contributed by atoms with Crippen molar-refractivity contribution in [3.05, 3.63) is 35.6 Å². The molecule has 0 bridgehead atoms. The molecule has 2 unspecified atom stereocenters. The third-order valence-electron chi connectivity index (χ3n) is 3.18. The number of aliphatic carboxylic acids is 1. The first-order chi connectivity index (χ1) is 8.97. The normalized spacial score (nSPS) is 22.5. The number of carboxylic acid groups (broad SMARTS) is 1. The number of carboxylic acids is 1. The number of nitrogens with two attached hydrogens (primary N) is 1. The zero-order chi connectivity index (χ0) is 14.0. The lowest BCUT2D eigenvalue weighted by atomic mass is 10.1. The highest BCUT2D eigenvalue weighted by Gasteiger charge is 2.37. The van der Waals surface area contributed by atoms with Gasteiger partial charge in [-0.3, -0.25) is 4.79 Å². The van der Waals surface area contributed by atoms with Gasteiger partial charge >= 0.3 is 5.97 Å². The van der Waals surface area contributed by atoms with Crippen molar-refractivity contribution in [2.24, 2.45) is 5.73 Å². The van der Waals surface area contributed by atoms with Crippen molar-refractivity contribution in [3.8, 4) is 0 Å². The van der Waals surface area contributed by atoms with Gasteiger partial charge in [0.05, 0.1) is 6.42 Å². The smallest absolute Gasteiger partial charge is 0.326 e. The van der Waals surface area contributed by atoms with Gasteiger partial charge in [0.25, 0.3) is 0 Å². The van der Waals surface area contributed by atoms with Crippen LogP contribution in [0, 0.1) is 5.82 Å². The second-order valence-electron chi connectivity index (χ2n) is 4.70. The minimum atomic E-state index is -1.06. The summed E-state index contributed by atoms with van der Waals surface area (Å²) in [4.78, 5) is 24.4. The number of carbonyl (C=O) groups excluding carboxylic acids is 1. The van der Waals surface area contributed by atoms with Gasteiger partial charge in [-0.1, -0.05) is 12.1 Å². The van der Waals surface area contributed by atoms with E-state index in [4.69, 9.17) is 10.8 Å². The van der Waals surface area contributed by atoms with Crippen LogP contribution in [-0.4, -0.2) is 40.5 Å². The van der Waals surface area contributed by atoms with E-state index in [1.807, 2.05) is 0 Å². The van der Waals surface area contributed by atoms with Gasteiger partial charge in [0.1, 0.15) is 11.9 Å².